The van der Waals surface area contributed by atoms with E-state index in [4.69, 9.17) is 0 Å². The smallest absolute Gasteiger partial charge is 0.309 e. The number of allylic oxidation sites excluding steroid dienone is 1. The van der Waals surface area contributed by atoms with E-state index in [1.54, 1.807) is 6.92 Å². The van der Waals surface area contributed by atoms with Crippen LogP contribution < -0.4 is 0 Å². The van der Waals surface area contributed by atoms with Crippen molar-refractivity contribution in [3.8, 4) is 0 Å². The molecule has 11 heavy (non-hydrogen) atoms. The summed E-state index contributed by atoms with van der Waals surface area (Å²) < 4.78 is 4.41. The molecule has 0 fully saturated rings. The van der Waals surface area contributed by atoms with Crippen LogP contribution in [0.25, 0.3) is 0 Å². The summed E-state index contributed by atoms with van der Waals surface area (Å²) in [7, 11) is 1.32. The molecule has 0 radical (unpaired) electrons. The molecule has 0 heterocycles. The van der Waals surface area contributed by atoms with Crippen LogP contribution in [0.1, 0.15) is 20.3 Å². The zero-order valence-corrected chi connectivity index (χ0v) is 7.01. The molecule has 0 aliphatic carbocycles. The fourth-order valence-electron chi connectivity index (χ4n) is 0.698. The first-order valence-corrected chi connectivity index (χ1v) is 3.31. The topological polar surface area (TPSA) is 43.4 Å². The molecule has 0 N–H and O–H groups in total. The molecule has 0 bridgehead atoms. The Morgan fingerprint density at radius 3 is 2.27 bits per heavy atom. The van der Waals surface area contributed by atoms with E-state index in [0.717, 1.165) is 5.57 Å². The second kappa shape index (κ2) is 4.66. The molecule has 0 aromatic rings. The molecule has 0 aromatic heterocycles. The van der Waals surface area contributed by atoms with Crippen molar-refractivity contribution >= 4 is 11.8 Å². The lowest BCUT2D eigenvalue weighted by molar-refractivity contribution is -0.139. The van der Waals surface area contributed by atoms with E-state index in [1.165, 1.54) is 20.1 Å². The van der Waals surface area contributed by atoms with E-state index >= 15 is 0 Å². The Morgan fingerprint density at radius 1 is 1.36 bits per heavy atom. The summed E-state index contributed by atoms with van der Waals surface area (Å²) >= 11 is 0. The van der Waals surface area contributed by atoms with Crippen molar-refractivity contribution in [3.05, 3.63) is 11.6 Å². The van der Waals surface area contributed by atoms with Gasteiger partial charge >= 0.3 is 5.97 Å². The third-order valence-corrected chi connectivity index (χ3v) is 1.10. The number of ether oxygens (including phenoxy) is 1. The largest absolute Gasteiger partial charge is 0.469 e. The van der Waals surface area contributed by atoms with Crippen molar-refractivity contribution in [2.24, 2.45) is 0 Å². The predicted molar refractivity (Wildman–Crippen MR) is 41.1 cm³/mol. The lowest BCUT2D eigenvalue weighted by Crippen LogP contribution is -2.01. The Hall–Kier alpha value is -1.12. The van der Waals surface area contributed by atoms with Gasteiger partial charge in [0.1, 0.15) is 0 Å². The van der Waals surface area contributed by atoms with Gasteiger partial charge in [0.05, 0.1) is 13.5 Å². The molecule has 0 spiro atoms. The van der Waals surface area contributed by atoms with Crippen molar-refractivity contribution in [2.45, 2.75) is 20.3 Å². The van der Waals surface area contributed by atoms with Gasteiger partial charge in [-0.3, -0.25) is 9.59 Å². The fraction of sp³-hybridized carbons (Fsp3) is 0.500. The third kappa shape index (κ3) is 5.33. The molecule has 0 atom stereocenters. The Bertz CT molecular complexity index is 192. The number of carbonyl (C=O) groups excluding carboxylic acids is 2. The van der Waals surface area contributed by atoms with E-state index in [9.17, 15) is 9.59 Å². The molecule has 0 unspecified atom stereocenters. The van der Waals surface area contributed by atoms with Gasteiger partial charge in [-0.15, -0.1) is 0 Å². The normalized spacial score (nSPS) is 11.0. The summed E-state index contributed by atoms with van der Waals surface area (Å²) in [6, 6.07) is 0. The number of esters is 1. The molecule has 0 saturated carbocycles. The molecule has 0 aliphatic rings. The van der Waals surface area contributed by atoms with Gasteiger partial charge in [0.2, 0.25) is 0 Å². The highest BCUT2D eigenvalue weighted by Crippen LogP contribution is 2.00. The number of methoxy groups -OCH3 is 1. The standard InChI is InChI=1S/C8H12O3/c1-6(4-7(2)9)5-8(10)11-3/h4H,5H2,1-3H3/b6-4+. The Labute approximate surface area is 66.0 Å². The SMILES string of the molecule is COC(=O)C/C(C)=C/C(C)=O. The quantitative estimate of drug-likeness (QED) is 0.453. The van der Waals surface area contributed by atoms with E-state index in [1.807, 2.05) is 0 Å². The van der Waals surface area contributed by atoms with Crippen molar-refractivity contribution in [2.75, 3.05) is 7.11 Å². The number of rotatable bonds is 3. The van der Waals surface area contributed by atoms with E-state index in [0.29, 0.717) is 0 Å². The summed E-state index contributed by atoms with van der Waals surface area (Å²) in [6.07, 6.45) is 1.62. The van der Waals surface area contributed by atoms with Crippen LogP contribution >= 0.6 is 0 Å². The molecule has 0 rings (SSSR count). The highest BCUT2D eigenvalue weighted by Gasteiger charge is 2.01. The van der Waals surface area contributed by atoms with Crippen LogP contribution in [0.15, 0.2) is 11.6 Å². The first-order chi connectivity index (χ1) is 5.06. The second-order valence-corrected chi connectivity index (χ2v) is 2.35. The van der Waals surface area contributed by atoms with Gasteiger partial charge in [0.15, 0.2) is 5.78 Å². The summed E-state index contributed by atoms with van der Waals surface area (Å²) in [5.74, 6) is -0.369. The average molecular weight is 156 g/mol. The van der Waals surface area contributed by atoms with Gasteiger partial charge < -0.3 is 4.74 Å². The zero-order chi connectivity index (χ0) is 8.85. The minimum absolute atomic E-state index is 0.0496. The highest BCUT2D eigenvalue weighted by atomic mass is 16.5. The van der Waals surface area contributed by atoms with Crippen molar-refractivity contribution in [1.82, 2.24) is 0 Å². The molecule has 0 saturated heterocycles. The molecule has 62 valence electrons. The first kappa shape index (κ1) is 9.88. The number of carbonyl (C=O) groups is 2. The van der Waals surface area contributed by atoms with Gasteiger partial charge in [0.25, 0.3) is 0 Å². The maximum Gasteiger partial charge on any atom is 0.309 e. The van der Waals surface area contributed by atoms with Crippen LogP contribution in [0.2, 0.25) is 0 Å². The molecular weight excluding hydrogens is 144 g/mol. The van der Waals surface area contributed by atoms with E-state index in [-0.39, 0.29) is 18.2 Å². The molecule has 3 heteroatoms. The number of hydrogen-bond acceptors (Lipinski definition) is 3. The minimum Gasteiger partial charge on any atom is -0.469 e. The monoisotopic (exact) mass is 156 g/mol. The van der Waals surface area contributed by atoms with Gasteiger partial charge in [-0.1, -0.05) is 5.57 Å². The van der Waals surface area contributed by atoms with Gasteiger partial charge in [0, 0.05) is 0 Å². The Morgan fingerprint density at radius 2 is 1.91 bits per heavy atom. The molecule has 0 amide bonds. The average Bonchev–Trinajstić information content (AvgIpc) is 1.85. The van der Waals surface area contributed by atoms with Gasteiger partial charge in [-0.05, 0) is 19.9 Å². The summed E-state index contributed by atoms with van der Waals surface area (Å²) in [6.45, 7) is 3.17. The lowest BCUT2D eigenvalue weighted by Gasteiger charge is -1.97. The molecular formula is C8H12O3. The maximum absolute atomic E-state index is 10.6. The highest BCUT2D eigenvalue weighted by molar-refractivity contribution is 5.88. The lowest BCUT2D eigenvalue weighted by atomic mass is 10.2. The first-order valence-electron chi connectivity index (χ1n) is 3.31. The van der Waals surface area contributed by atoms with Crippen molar-refractivity contribution in [1.29, 1.82) is 0 Å². The third-order valence-electron chi connectivity index (χ3n) is 1.10. The second-order valence-electron chi connectivity index (χ2n) is 2.35. The van der Waals surface area contributed by atoms with Crippen molar-refractivity contribution < 1.29 is 14.3 Å². The van der Waals surface area contributed by atoms with Crippen LogP contribution in [0.3, 0.4) is 0 Å². The molecule has 0 aromatic carbocycles. The predicted octanol–water partition coefficient (Wildman–Crippen LogP) is 1.08. The van der Waals surface area contributed by atoms with Crippen LogP contribution in [0, 0.1) is 0 Å². The fourth-order valence-corrected chi connectivity index (χ4v) is 0.698. The molecule has 0 aliphatic heterocycles. The zero-order valence-electron chi connectivity index (χ0n) is 7.01. The van der Waals surface area contributed by atoms with Crippen LogP contribution in [-0.2, 0) is 14.3 Å². The van der Waals surface area contributed by atoms with E-state index in [2.05, 4.69) is 4.74 Å². The summed E-state index contributed by atoms with van der Waals surface area (Å²) in [5, 5.41) is 0. The molecule has 3 nitrogen and oxygen atoms in total. The van der Waals surface area contributed by atoms with Crippen LogP contribution in [0.4, 0.5) is 0 Å². The Kier molecular flexibility index (Phi) is 4.18. The Balaban J connectivity index is 3.96. The van der Waals surface area contributed by atoms with Crippen LogP contribution in [0.5, 0.6) is 0 Å². The number of ketones is 1. The maximum atomic E-state index is 10.6. The van der Waals surface area contributed by atoms with Gasteiger partial charge in [-0.25, -0.2) is 0 Å². The summed E-state index contributed by atoms with van der Waals surface area (Å²) in [5.41, 5.74) is 0.726. The van der Waals surface area contributed by atoms with Crippen LogP contribution in [-0.4, -0.2) is 18.9 Å². The van der Waals surface area contributed by atoms with Gasteiger partial charge in [-0.2, -0.15) is 0 Å². The van der Waals surface area contributed by atoms with Crippen molar-refractivity contribution in [3.63, 3.8) is 0 Å². The minimum atomic E-state index is -0.319. The number of hydrogen-bond donors (Lipinski definition) is 0. The van der Waals surface area contributed by atoms with E-state index < -0.39 is 0 Å². The summed E-state index contributed by atoms with van der Waals surface area (Å²) in [4.78, 5) is 21.1.